The first-order valence-electron chi connectivity index (χ1n) is 4.51. The highest BCUT2D eigenvalue weighted by Crippen LogP contribution is 2.38. The molecule has 0 aromatic carbocycles. The average molecular weight is 170 g/mol. The second-order valence-electron chi connectivity index (χ2n) is 3.92. The van der Waals surface area contributed by atoms with Crippen molar-refractivity contribution in [3.05, 3.63) is 0 Å². The zero-order valence-corrected chi connectivity index (χ0v) is 7.08. The number of carbonyl (C=O) groups is 1. The first-order valence-corrected chi connectivity index (χ1v) is 4.51. The maximum absolute atomic E-state index is 11.7. The Hall–Kier alpha value is -0.410. The Morgan fingerprint density at radius 2 is 2.17 bits per heavy atom. The molecule has 1 N–H and O–H groups in total. The largest absolute Gasteiger partial charge is 0.395 e. The lowest BCUT2D eigenvalue weighted by Crippen LogP contribution is -2.54. The summed E-state index contributed by atoms with van der Waals surface area (Å²) in [6.45, 7) is 0.819. The van der Waals surface area contributed by atoms with Crippen LogP contribution in [0.5, 0.6) is 0 Å². The van der Waals surface area contributed by atoms with E-state index in [-0.39, 0.29) is 18.3 Å². The van der Waals surface area contributed by atoms with E-state index in [1.165, 1.54) is 6.42 Å². The van der Waals surface area contributed by atoms with Gasteiger partial charge in [-0.1, -0.05) is 6.42 Å². The van der Waals surface area contributed by atoms with Crippen LogP contribution in [0.15, 0.2) is 0 Å². The van der Waals surface area contributed by atoms with Gasteiger partial charge in [0, 0.05) is 5.92 Å². The van der Waals surface area contributed by atoms with E-state index in [4.69, 9.17) is 9.84 Å². The number of hydrogen-bond acceptors (Lipinski definition) is 3. The summed E-state index contributed by atoms with van der Waals surface area (Å²) in [5, 5.41) is 9.07. The zero-order chi connectivity index (χ0) is 8.60. The average Bonchev–Trinajstić information content (AvgIpc) is 1.81. The van der Waals surface area contributed by atoms with Gasteiger partial charge >= 0.3 is 0 Å². The smallest absolute Gasteiger partial charge is 0.149 e. The summed E-state index contributed by atoms with van der Waals surface area (Å²) in [6.07, 6.45) is 3.19. The van der Waals surface area contributed by atoms with Gasteiger partial charge in [-0.2, -0.15) is 0 Å². The minimum absolute atomic E-state index is 0.0394. The monoisotopic (exact) mass is 170 g/mol. The van der Waals surface area contributed by atoms with Crippen molar-refractivity contribution >= 4 is 5.78 Å². The number of ether oxygens (including phenoxy) is 1. The molecule has 2 rings (SSSR count). The molecule has 68 valence electrons. The Bertz CT molecular complexity index is 186. The maximum atomic E-state index is 11.7. The standard InChI is InChI=1S/C9H14O3/c10-4-9(5-12-6-9)8(11)7-2-1-3-7/h7,10H,1-6H2. The van der Waals surface area contributed by atoms with E-state index < -0.39 is 5.41 Å². The Morgan fingerprint density at radius 1 is 1.50 bits per heavy atom. The molecule has 0 amide bonds. The lowest BCUT2D eigenvalue weighted by atomic mass is 9.70. The molecule has 1 saturated carbocycles. The van der Waals surface area contributed by atoms with Crippen LogP contribution < -0.4 is 0 Å². The fourth-order valence-corrected chi connectivity index (χ4v) is 1.76. The van der Waals surface area contributed by atoms with E-state index in [1.54, 1.807) is 0 Å². The van der Waals surface area contributed by atoms with Gasteiger partial charge in [0.05, 0.1) is 25.2 Å². The number of hydrogen-bond donors (Lipinski definition) is 1. The van der Waals surface area contributed by atoms with Crippen LogP contribution in [0.25, 0.3) is 0 Å². The van der Waals surface area contributed by atoms with Gasteiger partial charge in [-0.15, -0.1) is 0 Å². The quantitative estimate of drug-likeness (QED) is 0.665. The van der Waals surface area contributed by atoms with Crippen LogP contribution >= 0.6 is 0 Å². The van der Waals surface area contributed by atoms with E-state index >= 15 is 0 Å². The van der Waals surface area contributed by atoms with Crippen molar-refractivity contribution in [1.29, 1.82) is 0 Å². The molecule has 3 nitrogen and oxygen atoms in total. The molecule has 1 aliphatic carbocycles. The number of Topliss-reactive ketones (excluding diaryl/α,β-unsaturated/α-hetero) is 1. The summed E-state index contributed by atoms with van der Waals surface area (Å²) in [4.78, 5) is 11.7. The second-order valence-corrected chi connectivity index (χ2v) is 3.92. The lowest BCUT2D eigenvalue weighted by Gasteiger charge is -2.42. The lowest BCUT2D eigenvalue weighted by molar-refractivity contribution is -0.174. The van der Waals surface area contributed by atoms with Crippen LogP contribution in [-0.2, 0) is 9.53 Å². The van der Waals surface area contributed by atoms with Gasteiger partial charge in [0.25, 0.3) is 0 Å². The van der Waals surface area contributed by atoms with Crippen LogP contribution in [0.2, 0.25) is 0 Å². The van der Waals surface area contributed by atoms with Gasteiger partial charge in [-0.3, -0.25) is 4.79 Å². The van der Waals surface area contributed by atoms with Crippen molar-refractivity contribution in [3.63, 3.8) is 0 Å². The van der Waals surface area contributed by atoms with Crippen LogP contribution in [0.3, 0.4) is 0 Å². The molecule has 0 atom stereocenters. The van der Waals surface area contributed by atoms with Crippen molar-refractivity contribution < 1.29 is 14.6 Å². The summed E-state index contributed by atoms with van der Waals surface area (Å²) in [6, 6.07) is 0. The van der Waals surface area contributed by atoms with Crippen LogP contribution in [0, 0.1) is 11.3 Å². The van der Waals surface area contributed by atoms with Crippen molar-refractivity contribution in [2.75, 3.05) is 19.8 Å². The Morgan fingerprint density at radius 3 is 2.42 bits per heavy atom. The highest BCUT2D eigenvalue weighted by Gasteiger charge is 2.48. The van der Waals surface area contributed by atoms with Crippen LogP contribution in [0.1, 0.15) is 19.3 Å². The Labute approximate surface area is 71.7 Å². The molecule has 1 aliphatic heterocycles. The number of ketones is 1. The molecular formula is C9H14O3. The van der Waals surface area contributed by atoms with E-state index in [2.05, 4.69) is 0 Å². The summed E-state index contributed by atoms with van der Waals surface area (Å²) in [7, 11) is 0. The summed E-state index contributed by atoms with van der Waals surface area (Å²) in [5.74, 6) is 0.462. The van der Waals surface area contributed by atoms with Crippen molar-refractivity contribution in [2.24, 2.45) is 11.3 Å². The fourth-order valence-electron chi connectivity index (χ4n) is 1.76. The molecule has 0 radical (unpaired) electrons. The first-order chi connectivity index (χ1) is 5.78. The Kier molecular flexibility index (Phi) is 1.93. The topological polar surface area (TPSA) is 46.5 Å². The van der Waals surface area contributed by atoms with Crippen molar-refractivity contribution in [3.8, 4) is 0 Å². The SMILES string of the molecule is O=C(C1CCC1)C1(CO)COC1. The van der Waals surface area contributed by atoms with Gasteiger partial charge < -0.3 is 9.84 Å². The van der Waals surface area contributed by atoms with Crippen molar-refractivity contribution in [2.45, 2.75) is 19.3 Å². The highest BCUT2D eigenvalue weighted by atomic mass is 16.5. The van der Waals surface area contributed by atoms with Gasteiger partial charge in [-0.05, 0) is 12.8 Å². The summed E-state index contributed by atoms with van der Waals surface area (Å²) in [5.41, 5.74) is -0.509. The molecule has 0 bridgehead atoms. The predicted octanol–water partition coefficient (Wildman–Crippen LogP) is 0.364. The third-order valence-electron chi connectivity index (χ3n) is 3.06. The maximum Gasteiger partial charge on any atom is 0.149 e. The van der Waals surface area contributed by atoms with Crippen LogP contribution in [-0.4, -0.2) is 30.7 Å². The molecule has 1 heterocycles. The normalized spacial score (nSPS) is 27.4. The minimum Gasteiger partial charge on any atom is -0.395 e. The molecule has 3 heteroatoms. The Balaban J connectivity index is 2.00. The fraction of sp³-hybridized carbons (Fsp3) is 0.889. The van der Waals surface area contributed by atoms with Gasteiger partial charge in [0.15, 0.2) is 0 Å². The molecule has 12 heavy (non-hydrogen) atoms. The highest BCUT2D eigenvalue weighted by molar-refractivity contribution is 5.88. The molecule has 0 spiro atoms. The zero-order valence-electron chi connectivity index (χ0n) is 7.08. The van der Waals surface area contributed by atoms with Gasteiger partial charge in [0.2, 0.25) is 0 Å². The van der Waals surface area contributed by atoms with E-state index in [0.29, 0.717) is 13.2 Å². The molecule has 0 aromatic heterocycles. The second kappa shape index (κ2) is 2.82. The van der Waals surface area contributed by atoms with E-state index in [0.717, 1.165) is 12.8 Å². The predicted molar refractivity (Wildman–Crippen MR) is 42.7 cm³/mol. The van der Waals surface area contributed by atoms with Crippen LogP contribution in [0.4, 0.5) is 0 Å². The number of carbonyl (C=O) groups excluding carboxylic acids is 1. The first kappa shape index (κ1) is 8.20. The van der Waals surface area contributed by atoms with E-state index in [9.17, 15) is 4.79 Å². The number of rotatable bonds is 3. The van der Waals surface area contributed by atoms with Gasteiger partial charge in [-0.25, -0.2) is 0 Å². The molecular weight excluding hydrogens is 156 g/mol. The molecule has 0 unspecified atom stereocenters. The molecule has 0 aromatic rings. The third-order valence-corrected chi connectivity index (χ3v) is 3.06. The van der Waals surface area contributed by atoms with Gasteiger partial charge in [0.1, 0.15) is 5.78 Å². The third kappa shape index (κ3) is 1.00. The molecule has 1 saturated heterocycles. The summed E-state index contributed by atoms with van der Waals surface area (Å²) >= 11 is 0. The number of aliphatic hydroxyl groups is 1. The molecule has 2 fully saturated rings. The summed E-state index contributed by atoms with van der Waals surface area (Å²) < 4.78 is 4.99. The number of aliphatic hydroxyl groups excluding tert-OH is 1. The molecule has 2 aliphatic rings. The van der Waals surface area contributed by atoms with Crippen molar-refractivity contribution in [1.82, 2.24) is 0 Å². The van der Waals surface area contributed by atoms with E-state index in [1.807, 2.05) is 0 Å². The minimum atomic E-state index is -0.509.